The number of carbonyl (C=O) groups is 3. The minimum Gasteiger partial charge on any atom is -0.343 e. The van der Waals surface area contributed by atoms with Gasteiger partial charge in [-0.1, -0.05) is 19.1 Å². The molecule has 1 aliphatic carbocycles. The highest BCUT2D eigenvalue weighted by Crippen LogP contribution is 2.57. The van der Waals surface area contributed by atoms with Crippen molar-refractivity contribution in [2.24, 2.45) is 11.3 Å². The normalized spacial score (nSPS) is 25.0. The van der Waals surface area contributed by atoms with Gasteiger partial charge in [0.1, 0.15) is 0 Å². The quantitative estimate of drug-likeness (QED) is 0.754. The minimum atomic E-state index is -0.401. The lowest BCUT2D eigenvalue weighted by atomic mass is 9.97. The number of carbonyl (C=O) groups excluding carboxylic acids is 3. The number of nitrogens with zero attached hydrogens (tertiary/aromatic N) is 2. The summed E-state index contributed by atoms with van der Waals surface area (Å²) in [6, 6.07) is 6.92. The van der Waals surface area contributed by atoms with E-state index in [0.717, 1.165) is 12.8 Å². The molecule has 1 aromatic carbocycles. The molecule has 0 bridgehead atoms. The monoisotopic (exact) mass is 328 g/mol. The van der Waals surface area contributed by atoms with Gasteiger partial charge in [-0.25, -0.2) is 0 Å². The van der Waals surface area contributed by atoms with E-state index in [9.17, 15) is 14.4 Å². The fraction of sp³-hybridized carbons (Fsp3) is 0.526. The van der Waals surface area contributed by atoms with Crippen LogP contribution in [0.5, 0.6) is 0 Å². The molecule has 1 fully saturated rings. The van der Waals surface area contributed by atoms with Gasteiger partial charge in [0.2, 0.25) is 5.91 Å². The number of imide groups is 1. The lowest BCUT2D eigenvalue weighted by Gasteiger charge is -2.26. The van der Waals surface area contributed by atoms with Crippen LogP contribution in [0.25, 0.3) is 0 Å². The first-order valence-corrected chi connectivity index (χ1v) is 8.74. The van der Waals surface area contributed by atoms with E-state index in [-0.39, 0.29) is 23.6 Å². The molecule has 0 aromatic heterocycles. The van der Waals surface area contributed by atoms with Crippen molar-refractivity contribution in [3.8, 4) is 0 Å². The molecule has 2 aliphatic rings. The van der Waals surface area contributed by atoms with Gasteiger partial charge in [-0.2, -0.15) is 0 Å². The predicted octanol–water partition coefficient (Wildman–Crippen LogP) is 2.57. The Balaban J connectivity index is 1.76. The van der Waals surface area contributed by atoms with Gasteiger partial charge < -0.3 is 4.90 Å². The number of rotatable bonds is 6. The highest BCUT2D eigenvalue weighted by Gasteiger charge is 2.60. The Kier molecular flexibility index (Phi) is 4.20. The van der Waals surface area contributed by atoms with Gasteiger partial charge in [-0.05, 0) is 44.7 Å². The molecule has 0 radical (unpaired) electrons. The van der Waals surface area contributed by atoms with Crippen LogP contribution in [0.2, 0.25) is 0 Å². The van der Waals surface area contributed by atoms with Gasteiger partial charge >= 0.3 is 0 Å². The maximum atomic E-state index is 12.8. The van der Waals surface area contributed by atoms with E-state index in [1.54, 1.807) is 24.3 Å². The molecule has 0 spiro atoms. The summed E-state index contributed by atoms with van der Waals surface area (Å²) >= 11 is 0. The first-order valence-electron chi connectivity index (χ1n) is 8.74. The van der Waals surface area contributed by atoms with Gasteiger partial charge in [0.05, 0.1) is 16.5 Å². The largest absolute Gasteiger partial charge is 0.343 e. The molecule has 1 aliphatic heterocycles. The molecular weight excluding hydrogens is 304 g/mol. The van der Waals surface area contributed by atoms with Gasteiger partial charge in [0, 0.05) is 19.6 Å². The molecule has 0 N–H and O–H groups in total. The molecule has 3 amide bonds. The Bertz CT molecular complexity index is 661. The molecule has 1 saturated carbocycles. The van der Waals surface area contributed by atoms with Crippen molar-refractivity contribution in [3.05, 3.63) is 35.4 Å². The standard InChI is InChI=1S/C19H24N2O3/c1-4-19(18(24)20(5-2)6-3)11-13(19)12-21-16(22)14-9-7-8-10-15(14)17(21)23/h7-10,13H,4-6,11-12H2,1-3H3. The lowest BCUT2D eigenvalue weighted by molar-refractivity contribution is -0.137. The second-order valence-corrected chi connectivity index (χ2v) is 6.65. The van der Waals surface area contributed by atoms with E-state index in [1.165, 1.54) is 4.90 Å². The van der Waals surface area contributed by atoms with Crippen LogP contribution in [0.4, 0.5) is 0 Å². The van der Waals surface area contributed by atoms with Crippen molar-refractivity contribution in [1.82, 2.24) is 9.80 Å². The Morgan fingerprint density at radius 2 is 1.67 bits per heavy atom. The maximum absolute atomic E-state index is 12.8. The van der Waals surface area contributed by atoms with E-state index in [0.29, 0.717) is 30.8 Å². The number of hydrogen-bond acceptors (Lipinski definition) is 3. The maximum Gasteiger partial charge on any atom is 0.261 e. The summed E-state index contributed by atoms with van der Waals surface area (Å²) in [4.78, 5) is 41.0. The third-order valence-corrected chi connectivity index (χ3v) is 5.62. The molecule has 0 saturated heterocycles. The fourth-order valence-electron chi connectivity index (χ4n) is 3.92. The number of hydrogen-bond donors (Lipinski definition) is 0. The second kappa shape index (κ2) is 6.04. The van der Waals surface area contributed by atoms with Crippen LogP contribution in [-0.2, 0) is 4.79 Å². The molecule has 5 nitrogen and oxygen atoms in total. The Morgan fingerprint density at radius 1 is 1.12 bits per heavy atom. The molecule has 24 heavy (non-hydrogen) atoms. The van der Waals surface area contributed by atoms with Gasteiger partial charge in [-0.3, -0.25) is 19.3 Å². The third-order valence-electron chi connectivity index (χ3n) is 5.62. The van der Waals surface area contributed by atoms with Gasteiger partial charge in [0.25, 0.3) is 11.8 Å². The molecule has 1 aromatic rings. The van der Waals surface area contributed by atoms with Crippen LogP contribution in [0.3, 0.4) is 0 Å². The Labute approximate surface area is 142 Å². The first-order chi connectivity index (χ1) is 11.5. The molecule has 128 valence electrons. The Hall–Kier alpha value is -2.17. The lowest BCUT2D eigenvalue weighted by Crippen LogP contribution is -2.40. The van der Waals surface area contributed by atoms with Crippen molar-refractivity contribution >= 4 is 17.7 Å². The van der Waals surface area contributed by atoms with E-state index in [4.69, 9.17) is 0 Å². The van der Waals surface area contributed by atoms with Crippen molar-refractivity contribution in [2.75, 3.05) is 19.6 Å². The molecule has 1 heterocycles. The summed E-state index contributed by atoms with van der Waals surface area (Å²) in [5, 5.41) is 0. The molecular formula is C19H24N2O3. The summed E-state index contributed by atoms with van der Waals surface area (Å²) in [5.41, 5.74) is 0.544. The van der Waals surface area contributed by atoms with E-state index in [1.807, 2.05) is 25.7 Å². The van der Waals surface area contributed by atoms with Crippen LogP contribution >= 0.6 is 0 Å². The molecule has 5 heteroatoms. The topological polar surface area (TPSA) is 57.7 Å². The van der Waals surface area contributed by atoms with Crippen LogP contribution in [0.15, 0.2) is 24.3 Å². The van der Waals surface area contributed by atoms with E-state index >= 15 is 0 Å². The van der Waals surface area contributed by atoms with Gasteiger partial charge in [0.15, 0.2) is 0 Å². The van der Waals surface area contributed by atoms with Crippen LogP contribution in [0.1, 0.15) is 54.3 Å². The summed E-state index contributed by atoms with van der Waals surface area (Å²) in [7, 11) is 0. The third kappa shape index (κ3) is 2.34. The molecule has 3 rings (SSSR count). The predicted molar refractivity (Wildman–Crippen MR) is 90.6 cm³/mol. The first kappa shape index (κ1) is 16.7. The van der Waals surface area contributed by atoms with E-state index < -0.39 is 5.41 Å². The Morgan fingerprint density at radius 3 is 2.12 bits per heavy atom. The highest BCUT2D eigenvalue weighted by atomic mass is 16.2. The van der Waals surface area contributed by atoms with Gasteiger partial charge in [-0.15, -0.1) is 0 Å². The minimum absolute atomic E-state index is 0.0674. The second-order valence-electron chi connectivity index (χ2n) is 6.65. The molecule has 2 unspecified atom stereocenters. The van der Waals surface area contributed by atoms with Crippen molar-refractivity contribution in [3.63, 3.8) is 0 Å². The van der Waals surface area contributed by atoms with Crippen LogP contribution in [0, 0.1) is 11.3 Å². The van der Waals surface area contributed by atoms with Crippen LogP contribution in [-0.4, -0.2) is 47.2 Å². The van der Waals surface area contributed by atoms with Crippen molar-refractivity contribution in [1.29, 1.82) is 0 Å². The number of amides is 3. The van der Waals surface area contributed by atoms with Crippen LogP contribution < -0.4 is 0 Å². The SMILES string of the molecule is CCN(CC)C(=O)C1(CC)CC1CN1C(=O)c2ccccc2C1=O. The zero-order valence-corrected chi connectivity index (χ0v) is 14.5. The highest BCUT2D eigenvalue weighted by molar-refractivity contribution is 6.21. The fourth-order valence-corrected chi connectivity index (χ4v) is 3.92. The average Bonchev–Trinajstić information content (AvgIpc) is 3.28. The molecule has 2 atom stereocenters. The van der Waals surface area contributed by atoms with Crippen molar-refractivity contribution < 1.29 is 14.4 Å². The number of fused-ring (bicyclic) bond motifs is 1. The summed E-state index contributed by atoms with van der Waals surface area (Å²) < 4.78 is 0. The summed E-state index contributed by atoms with van der Waals surface area (Å²) in [6.07, 6.45) is 1.50. The number of benzene rings is 1. The zero-order chi connectivity index (χ0) is 17.5. The van der Waals surface area contributed by atoms with Crippen molar-refractivity contribution in [2.45, 2.75) is 33.6 Å². The summed E-state index contributed by atoms with van der Waals surface area (Å²) in [5.74, 6) is -0.236. The smallest absolute Gasteiger partial charge is 0.261 e. The zero-order valence-electron chi connectivity index (χ0n) is 14.5. The average molecular weight is 328 g/mol. The summed E-state index contributed by atoms with van der Waals surface area (Å²) in [6.45, 7) is 7.70. The van der Waals surface area contributed by atoms with E-state index in [2.05, 4.69) is 0 Å².